The Hall–Kier alpha value is -2.19. The predicted octanol–water partition coefficient (Wildman–Crippen LogP) is 4.85. The Morgan fingerprint density at radius 1 is 1.07 bits per heavy atom. The molecule has 0 spiro atoms. The molecule has 2 heterocycles. The van der Waals surface area contributed by atoms with Gasteiger partial charge in [-0.25, -0.2) is 18.2 Å². The number of fused-ring (bicyclic) bond motifs is 1. The Kier molecular flexibility index (Phi) is 5.72. The van der Waals surface area contributed by atoms with E-state index in [1.807, 2.05) is 0 Å². The normalized spacial score (nSPS) is 14.9. The SMILES string of the molecule is Cc1ccc2c(Cl)cc(Cl)c(OC(=O)c3cccc(S(=O)(=O)N4CCCC4)c3)c2n1. The third-order valence-electron chi connectivity index (χ3n) is 4.94. The number of sulfonamides is 1. The lowest BCUT2D eigenvalue weighted by Gasteiger charge is -2.16. The number of nitrogens with zero attached hydrogens (tertiary/aromatic N) is 2. The van der Waals surface area contributed by atoms with E-state index in [1.54, 1.807) is 19.1 Å². The molecule has 9 heteroatoms. The van der Waals surface area contributed by atoms with Crippen LogP contribution in [0.25, 0.3) is 10.9 Å². The molecule has 0 unspecified atom stereocenters. The quantitative estimate of drug-likeness (QED) is 0.407. The number of pyridine rings is 1. The first-order chi connectivity index (χ1) is 14.3. The van der Waals surface area contributed by atoms with Gasteiger partial charge in [0.15, 0.2) is 5.75 Å². The van der Waals surface area contributed by atoms with Crippen molar-refractivity contribution in [2.24, 2.45) is 0 Å². The lowest BCUT2D eigenvalue weighted by atomic mass is 10.2. The minimum Gasteiger partial charge on any atom is -0.419 e. The summed E-state index contributed by atoms with van der Waals surface area (Å²) in [5, 5.41) is 1.13. The monoisotopic (exact) mass is 464 g/mol. The first-order valence-electron chi connectivity index (χ1n) is 9.35. The summed E-state index contributed by atoms with van der Waals surface area (Å²) in [6.45, 7) is 2.76. The summed E-state index contributed by atoms with van der Waals surface area (Å²) < 4.78 is 32.6. The molecule has 0 amide bonds. The van der Waals surface area contributed by atoms with E-state index in [-0.39, 0.29) is 21.2 Å². The smallest absolute Gasteiger partial charge is 0.343 e. The van der Waals surface area contributed by atoms with Crippen molar-refractivity contribution in [1.29, 1.82) is 0 Å². The van der Waals surface area contributed by atoms with E-state index < -0.39 is 16.0 Å². The van der Waals surface area contributed by atoms with Crippen LogP contribution in [-0.4, -0.2) is 36.8 Å². The highest BCUT2D eigenvalue weighted by atomic mass is 35.5. The van der Waals surface area contributed by atoms with Crippen molar-refractivity contribution in [3.05, 3.63) is 63.8 Å². The molecule has 4 rings (SSSR count). The van der Waals surface area contributed by atoms with Gasteiger partial charge in [0.2, 0.25) is 10.0 Å². The van der Waals surface area contributed by atoms with E-state index in [0.717, 1.165) is 12.8 Å². The van der Waals surface area contributed by atoms with Crippen molar-refractivity contribution >= 4 is 50.1 Å². The molecule has 3 aromatic rings. The van der Waals surface area contributed by atoms with E-state index in [2.05, 4.69) is 4.98 Å². The fraction of sp³-hybridized carbons (Fsp3) is 0.238. The van der Waals surface area contributed by atoms with Gasteiger partial charge in [-0.1, -0.05) is 29.3 Å². The van der Waals surface area contributed by atoms with Gasteiger partial charge in [-0.2, -0.15) is 4.31 Å². The average Bonchev–Trinajstić information content (AvgIpc) is 3.26. The summed E-state index contributed by atoms with van der Waals surface area (Å²) in [5.41, 5.74) is 1.17. The van der Waals surface area contributed by atoms with Gasteiger partial charge in [-0.05, 0) is 56.2 Å². The minimum atomic E-state index is -3.65. The van der Waals surface area contributed by atoms with E-state index in [9.17, 15) is 13.2 Å². The van der Waals surface area contributed by atoms with E-state index in [0.29, 0.717) is 34.7 Å². The Morgan fingerprint density at radius 2 is 1.80 bits per heavy atom. The zero-order chi connectivity index (χ0) is 21.5. The summed E-state index contributed by atoms with van der Waals surface area (Å²) in [6, 6.07) is 10.9. The molecule has 1 aromatic heterocycles. The van der Waals surface area contributed by atoms with Crippen LogP contribution in [0.5, 0.6) is 5.75 Å². The number of esters is 1. The maximum Gasteiger partial charge on any atom is 0.343 e. The van der Waals surface area contributed by atoms with Gasteiger partial charge >= 0.3 is 5.97 Å². The topological polar surface area (TPSA) is 76.6 Å². The van der Waals surface area contributed by atoms with Crippen LogP contribution in [0.4, 0.5) is 0 Å². The molecule has 1 fully saturated rings. The number of hydrogen-bond donors (Lipinski definition) is 0. The third-order valence-corrected chi connectivity index (χ3v) is 7.43. The van der Waals surface area contributed by atoms with Gasteiger partial charge in [0, 0.05) is 24.2 Å². The average molecular weight is 465 g/mol. The summed E-state index contributed by atoms with van der Waals surface area (Å²) in [4.78, 5) is 17.3. The number of rotatable bonds is 4. The fourth-order valence-electron chi connectivity index (χ4n) is 3.40. The summed E-state index contributed by atoms with van der Waals surface area (Å²) in [7, 11) is -3.65. The molecule has 0 atom stereocenters. The molecule has 1 saturated heterocycles. The molecule has 0 N–H and O–H groups in total. The second-order valence-electron chi connectivity index (χ2n) is 7.05. The molecular weight excluding hydrogens is 447 g/mol. The molecule has 0 saturated carbocycles. The molecule has 1 aliphatic rings. The molecule has 0 aliphatic carbocycles. The third kappa shape index (κ3) is 3.90. The number of halogens is 2. The van der Waals surface area contributed by atoms with Crippen LogP contribution >= 0.6 is 23.2 Å². The lowest BCUT2D eigenvalue weighted by molar-refractivity contribution is 0.0736. The molecule has 0 radical (unpaired) electrons. The van der Waals surface area contributed by atoms with Crippen molar-refractivity contribution in [3.63, 3.8) is 0 Å². The van der Waals surface area contributed by atoms with Crippen molar-refractivity contribution in [1.82, 2.24) is 9.29 Å². The highest BCUT2D eigenvalue weighted by Crippen LogP contribution is 2.37. The number of carbonyl (C=O) groups excluding carboxylic acids is 1. The highest BCUT2D eigenvalue weighted by Gasteiger charge is 2.28. The van der Waals surface area contributed by atoms with E-state index >= 15 is 0 Å². The maximum absolute atomic E-state index is 12.8. The molecule has 1 aliphatic heterocycles. The lowest BCUT2D eigenvalue weighted by Crippen LogP contribution is -2.28. The number of aromatic nitrogens is 1. The molecule has 30 heavy (non-hydrogen) atoms. The largest absolute Gasteiger partial charge is 0.419 e. The highest BCUT2D eigenvalue weighted by molar-refractivity contribution is 7.89. The van der Waals surface area contributed by atoms with Crippen molar-refractivity contribution < 1.29 is 17.9 Å². The van der Waals surface area contributed by atoms with Crippen LogP contribution < -0.4 is 4.74 Å². The Labute approximate surface area is 184 Å². The van der Waals surface area contributed by atoms with E-state index in [4.69, 9.17) is 27.9 Å². The molecular formula is C21H18Cl2N2O4S. The van der Waals surface area contributed by atoms with Crippen molar-refractivity contribution in [3.8, 4) is 5.75 Å². The van der Waals surface area contributed by atoms with Crippen molar-refractivity contribution in [2.45, 2.75) is 24.7 Å². The van der Waals surface area contributed by atoms with Gasteiger partial charge in [0.05, 0.1) is 20.5 Å². The summed E-state index contributed by atoms with van der Waals surface area (Å²) >= 11 is 12.5. The van der Waals surface area contributed by atoms with Crippen molar-refractivity contribution in [2.75, 3.05) is 13.1 Å². The Morgan fingerprint density at radius 3 is 2.53 bits per heavy atom. The van der Waals surface area contributed by atoms with Gasteiger partial charge in [0.25, 0.3) is 0 Å². The number of ether oxygens (including phenoxy) is 1. The summed E-state index contributed by atoms with van der Waals surface area (Å²) in [5.74, 6) is -0.653. The molecule has 0 bridgehead atoms. The minimum absolute atomic E-state index is 0.0554. The zero-order valence-corrected chi connectivity index (χ0v) is 18.4. The van der Waals surface area contributed by atoms with Crippen LogP contribution in [0.1, 0.15) is 28.9 Å². The maximum atomic E-state index is 12.8. The standard InChI is InChI=1S/C21H18Cl2N2O4S/c1-13-7-8-16-17(22)12-18(23)20(19(16)24-13)29-21(26)14-5-4-6-15(11-14)30(27,28)25-9-2-3-10-25/h4-8,11-12H,2-3,9-10H2,1H3. The van der Waals surface area contributed by atoms with Gasteiger partial charge in [0.1, 0.15) is 5.52 Å². The van der Waals surface area contributed by atoms with Crippen LogP contribution in [0.15, 0.2) is 47.4 Å². The summed E-state index contributed by atoms with van der Waals surface area (Å²) in [6.07, 6.45) is 1.66. The molecule has 6 nitrogen and oxygen atoms in total. The Bertz CT molecular complexity index is 1260. The van der Waals surface area contributed by atoms with Gasteiger partial charge < -0.3 is 4.74 Å². The van der Waals surface area contributed by atoms with Crippen LogP contribution in [0.3, 0.4) is 0 Å². The zero-order valence-electron chi connectivity index (χ0n) is 16.1. The molecule has 156 valence electrons. The van der Waals surface area contributed by atoms with Crippen LogP contribution in [0, 0.1) is 6.92 Å². The number of hydrogen-bond acceptors (Lipinski definition) is 5. The first-order valence-corrected chi connectivity index (χ1v) is 11.5. The number of benzene rings is 2. The van der Waals surface area contributed by atoms with Crippen LogP contribution in [0.2, 0.25) is 10.0 Å². The van der Waals surface area contributed by atoms with E-state index in [1.165, 1.54) is 34.6 Å². The van der Waals surface area contributed by atoms with Crippen LogP contribution in [-0.2, 0) is 10.0 Å². The second kappa shape index (κ2) is 8.15. The predicted molar refractivity (Wildman–Crippen MR) is 116 cm³/mol. The fourth-order valence-corrected chi connectivity index (χ4v) is 5.52. The number of carbonyl (C=O) groups is 1. The Balaban J connectivity index is 1.70. The second-order valence-corrected chi connectivity index (χ2v) is 9.80. The molecule has 2 aromatic carbocycles. The number of aryl methyl sites for hydroxylation is 1. The van der Waals surface area contributed by atoms with Gasteiger partial charge in [-0.15, -0.1) is 0 Å². The van der Waals surface area contributed by atoms with Gasteiger partial charge in [-0.3, -0.25) is 0 Å². The first kappa shape index (κ1) is 21.1.